The number of halogens is 3. The van der Waals surface area contributed by atoms with Crippen molar-refractivity contribution in [1.29, 1.82) is 0 Å². The lowest BCUT2D eigenvalue weighted by atomic mass is 10.1. The van der Waals surface area contributed by atoms with Crippen LogP contribution in [0.5, 0.6) is 0 Å². The Bertz CT molecular complexity index is 333. The first kappa shape index (κ1) is 14.7. The first-order chi connectivity index (χ1) is 8.24. The number of carboxylic acids is 1. The number of rotatable bonds is 4. The third-order valence-electron chi connectivity index (χ3n) is 2.83. The molecule has 18 heavy (non-hydrogen) atoms. The molecule has 0 bridgehead atoms. The van der Waals surface area contributed by atoms with Gasteiger partial charge in [-0.25, -0.2) is 0 Å². The van der Waals surface area contributed by atoms with E-state index in [2.05, 4.69) is 0 Å². The summed E-state index contributed by atoms with van der Waals surface area (Å²) in [5.41, 5.74) is 0. The number of nitrogens with zero attached hydrogens (tertiary/aromatic N) is 2. The molecule has 1 rings (SSSR count). The smallest absolute Gasteiger partial charge is 0.406 e. The summed E-state index contributed by atoms with van der Waals surface area (Å²) in [4.78, 5) is 24.5. The number of carbonyl (C=O) groups excluding carboxylic acids is 1. The van der Waals surface area contributed by atoms with Gasteiger partial charge in [0, 0.05) is 13.1 Å². The summed E-state index contributed by atoms with van der Waals surface area (Å²) in [5, 5.41) is 8.92. The summed E-state index contributed by atoms with van der Waals surface area (Å²) in [5.74, 6) is -1.74. The van der Waals surface area contributed by atoms with Gasteiger partial charge in [-0.15, -0.1) is 0 Å². The number of aliphatic carboxylic acids is 1. The van der Waals surface area contributed by atoms with Crippen molar-refractivity contribution in [3.05, 3.63) is 0 Å². The van der Waals surface area contributed by atoms with Crippen LogP contribution in [0.25, 0.3) is 0 Å². The van der Waals surface area contributed by atoms with Crippen LogP contribution in [0, 0.1) is 0 Å². The number of piperazine rings is 1. The summed E-state index contributed by atoms with van der Waals surface area (Å²) in [7, 11) is 0. The van der Waals surface area contributed by atoms with Crippen LogP contribution in [0.3, 0.4) is 0 Å². The molecule has 0 aromatic heterocycles. The molecule has 0 aromatic rings. The van der Waals surface area contributed by atoms with Crippen molar-refractivity contribution in [2.24, 2.45) is 0 Å². The fraction of sp³-hybridized carbons (Fsp3) is 0.800. The van der Waals surface area contributed by atoms with Gasteiger partial charge in [0.2, 0.25) is 5.91 Å². The quantitative estimate of drug-likeness (QED) is 0.809. The number of amides is 1. The fourth-order valence-electron chi connectivity index (χ4n) is 1.97. The van der Waals surface area contributed by atoms with Gasteiger partial charge in [0.1, 0.15) is 12.6 Å². The molecule has 5 nitrogen and oxygen atoms in total. The van der Waals surface area contributed by atoms with Crippen LogP contribution in [0.15, 0.2) is 0 Å². The van der Waals surface area contributed by atoms with E-state index in [1.165, 1.54) is 4.90 Å². The fourth-order valence-corrected chi connectivity index (χ4v) is 1.97. The van der Waals surface area contributed by atoms with Crippen molar-refractivity contribution in [2.75, 3.05) is 26.2 Å². The zero-order valence-corrected chi connectivity index (χ0v) is 9.90. The van der Waals surface area contributed by atoms with E-state index >= 15 is 0 Å². The third-order valence-corrected chi connectivity index (χ3v) is 2.83. The Hall–Kier alpha value is -1.31. The first-order valence-electron chi connectivity index (χ1n) is 5.56. The van der Waals surface area contributed by atoms with Gasteiger partial charge in [0.15, 0.2) is 0 Å². The second-order valence-corrected chi connectivity index (χ2v) is 4.16. The van der Waals surface area contributed by atoms with E-state index < -0.39 is 30.6 Å². The standard InChI is InChI=1S/C10H15F3N2O3/c1-2-7(9(17)18)14-3-4-15(8(16)5-14)6-10(11,12)13/h7H,2-6H2,1H3,(H,17,18). The number of hydrogen-bond acceptors (Lipinski definition) is 3. The Labute approximate surface area is 102 Å². The Kier molecular flexibility index (Phi) is 4.55. The molecule has 1 saturated heterocycles. The molecule has 104 valence electrons. The minimum absolute atomic E-state index is 0.0951. The van der Waals surface area contributed by atoms with E-state index in [-0.39, 0.29) is 19.6 Å². The first-order valence-corrected chi connectivity index (χ1v) is 5.56. The second kappa shape index (κ2) is 5.55. The van der Waals surface area contributed by atoms with Crippen molar-refractivity contribution >= 4 is 11.9 Å². The number of carboxylic acid groups (broad SMARTS) is 1. The zero-order chi connectivity index (χ0) is 13.9. The van der Waals surface area contributed by atoms with Gasteiger partial charge in [0.25, 0.3) is 0 Å². The molecule has 1 unspecified atom stereocenters. The normalized spacial score (nSPS) is 20.0. The Morgan fingerprint density at radius 3 is 2.44 bits per heavy atom. The highest BCUT2D eigenvalue weighted by Crippen LogP contribution is 2.19. The average molecular weight is 268 g/mol. The molecule has 8 heteroatoms. The number of hydrogen-bond donors (Lipinski definition) is 1. The van der Waals surface area contributed by atoms with Crippen LogP contribution < -0.4 is 0 Å². The lowest BCUT2D eigenvalue weighted by Gasteiger charge is -2.37. The third kappa shape index (κ3) is 3.86. The summed E-state index contributed by atoms with van der Waals surface area (Å²) in [6.07, 6.45) is -4.11. The zero-order valence-electron chi connectivity index (χ0n) is 9.90. The van der Waals surface area contributed by atoms with Crippen LogP contribution in [0.1, 0.15) is 13.3 Å². The molecular weight excluding hydrogens is 253 g/mol. The largest absolute Gasteiger partial charge is 0.480 e. The van der Waals surface area contributed by atoms with E-state index in [0.29, 0.717) is 11.3 Å². The molecule has 1 fully saturated rings. The van der Waals surface area contributed by atoms with Crippen molar-refractivity contribution in [1.82, 2.24) is 9.80 Å². The molecule has 1 atom stereocenters. The molecule has 1 heterocycles. The predicted octanol–water partition coefficient (Wildman–Crippen LogP) is 0.556. The van der Waals surface area contributed by atoms with Crippen LogP contribution in [-0.4, -0.2) is 65.2 Å². The number of carbonyl (C=O) groups is 2. The van der Waals surface area contributed by atoms with Crippen LogP contribution >= 0.6 is 0 Å². The molecule has 1 aliphatic heterocycles. The summed E-state index contributed by atoms with van der Waals surface area (Å²) in [6.45, 7) is 0.157. The van der Waals surface area contributed by atoms with E-state index in [9.17, 15) is 22.8 Å². The van der Waals surface area contributed by atoms with Crippen LogP contribution in [-0.2, 0) is 9.59 Å². The predicted molar refractivity (Wildman–Crippen MR) is 55.9 cm³/mol. The number of alkyl halides is 3. The van der Waals surface area contributed by atoms with Gasteiger partial charge in [-0.3, -0.25) is 14.5 Å². The van der Waals surface area contributed by atoms with Crippen molar-refractivity contribution in [2.45, 2.75) is 25.6 Å². The van der Waals surface area contributed by atoms with Crippen LogP contribution in [0.2, 0.25) is 0 Å². The maximum atomic E-state index is 12.2. The molecule has 1 amide bonds. The van der Waals surface area contributed by atoms with Crippen molar-refractivity contribution < 1.29 is 27.9 Å². The van der Waals surface area contributed by atoms with Gasteiger partial charge in [-0.1, -0.05) is 6.92 Å². The topological polar surface area (TPSA) is 60.9 Å². The molecule has 0 saturated carbocycles. The van der Waals surface area contributed by atoms with Crippen molar-refractivity contribution in [3.63, 3.8) is 0 Å². The van der Waals surface area contributed by atoms with Gasteiger partial charge in [0.05, 0.1) is 6.54 Å². The Morgan fingerprint density at radius 2 is 2.06 bits per heavy atom. The van der Waals surface area contributed by atoms with Gasteiger partial charge < -0.3 is 10.0 Å². The van der Waals surface area contributed by atoms with Crippen LogP contribution in [0.4, 0.5) is 13.2 Å². The van der Waals surface area contributed by atoms with Gasteiger partial charge in [-0.2, -0.15) is 13.2 Å². The highest BCUT2D eigenvalue weighted by Gasteiger charge is 2.37. The molecule has 0 radical (unpaired) electrons. The molecule has 1 aliphatic rings. The summed E-state index contributed by atoms with van der Waals surface area (Å²) >= 11 is 0. The summed E-state index contributed by atoms with van der Waals surface area (Å²) < 4.78 is 36.5. The monoisotopic (exact) mass is 268 g/mol. The lowest BCUT2D eigenvalue weighted by Crippen LogP contribution is -2.56. The van der Waals surface area contributed by atoms with Crippen molar-refractivity contribution in [3.8, 4) is 0 Å². The highest BCUT2D eigenvalue weighted by molar-refractivity contribution is 5.81. The highest BCUT2D eigenvalue weighted by atomic mass is 19.4. The molecule has 1 N–H and O–H groups in total. The van der Waals surface area contributed by atoms with E-state index in [4.69, 9.17) is 5.11 Å². The van der Waals surface area contributed by atoms with E-state index in [1.54, 1.807) is 6.92 Å². The minimum Gasteiger partial charge on any atom is -0.480 e. The van der Waals surface area contributed by atoms with E-state index in [1.807, 2.05) is 0 Å². The Balaban J connectivity index is 2.61. The average Bonchev–Trinajstić information content (AvgIpc) is 2.20. The minimum atomic E-state index is -4.42. The molecule has 0 spiro atoms. The Morgan fingerprint density at radius 1 is 1.44 bits per heavy atom. The maximum Gasteiger partial charge on any atom is 0.406 e. The summed E-state index contributed by atoms with van der Waals surface area (Å²) in [6, 6.07) is -0.818. The second-order valence-electron chi connectivity index (χ2n) is 4.16. The molecule has 0 aromatic carbocycles. The maximum absolute atomic E-state index is 12.2. The molecular formula is C10H15F3N2O3. The van der Waals surface area contributed by atoms with E-state index in [0.717, 1.165) is 0 Å². The lowest BCUT2D eigenvalue weighted by molar-refractivity contribution is -0.168. The SMILES string of the molecule is CCC(C(=O)O)N1CCN(CC(F)(F)F)C(=O)C1. The van der Waals surface area contributed by atoms with Gasteiger partial charge in [-0.05, 0) is 6.42 Å². The van der Waals surface area contributed by atoms with Gasteiger partial charge >= 0.3 is 12.1 Å². The molecule has 0 aliphatic carbocycles.